The van der Waals surface area contributed by atoms with E-state index in [9.17, 15) is 4.79 Å². The molecule has 1 aliphatic rings. The second kappa shape index (κ2) is 9.28. The van der Waals surface area contributed by atoms with Gasteiger partial charge in [-0.25, -0.2) is 0 Å². The van der Waals surface area contributed by atoms with Gasteiger partial charge in [-0.15, -0.1) is 10.2 Å². The molecule has 2 heterocycles. The molecule has 1 aliphatic heterocycles. The largest absolute Gasteiger partial charge is 0.355 e. The SMILES string of the molecule is CCCCNC(=O)CSc1nnc(N2CCCC2)n1-c1cccc(Cl)c1. The van der Waals surface area contributed by atoms with Crippen LogP contribution in [0.3, 0.4) is 0 Å². The first-order valence-corrected chi connectivity index (χ1v) is 10.4. The number of nitrogens with one attached hydrogen (secondary N) is 1. The van der Waals surface area contributed by atoms with Crippen molar-refractivity contribution < 1.29 is 4.79 Å². The fourth-order valence-electron chi connectivity index (χ4n) is 2.90. The van der Waals surface area contributed by atoms with Gasteiger partial charge < -0.3 is 10.2 Å². The van der Waals surface area contributed by atoms with Gasteiger partial charge in [0.2, 0.25) is 11.9 Å². The maximum absolute atomic E-state index is 12.0. The third kappa shape index (κ3) is 4.71. The third-order valence-corrected chi connectivity index (χ3v) is 5.42. The van der Waals surface area contributed by atoms with E-state index in [1.807, 2.05) is 28.8 Å². The first-order chi connectivity index (χ1) is 12.7. The lowest BCUT2D eigenvalue weighted by Crippen LogP contribution is -2.26. The minimum absolute atomic E-state index is 0.0202. The molecule has 3 rings (SSSR count). The number of thioether (sulfide) groups is 1. The number of benzene rings is 1. The summed E-state index contributed by atoms with van der Waals surface area (Å²) in [6.07, 6.45) is 4.37. The lowest BCUT2D eigenvalue weighted by atomic mass is 10.3. The van der Waals surface area contributed by atoms with E-state index < -0.39 is 0 Å². The highest BCUT2D eigenvalue weighted by Crippen LogP contribution is 2.29. The number of hydrogen-bond acceptors (Lipinski definition) is 5. The zero-order chi connectivity index (χ0) is 18.4. The summed E-state index contributed by atoms with van der Waals surface area (Å²) >= 11 is 7.59. The monoisotopic (exact) mass is 393 g/mol. The highest BCUT2D eigenvalue weighted by molar-refractivity contribution is 7.99. The molecule has 1 N–H and O–H groups in total. The topological polar surface area (TPSA) is 63.1 Å². The van der Waals surface area contributed by atoms with Crippen LogP contribution in [-0.4, -0.2) is 46.1 Å². The van der Waals surface area contributed by atoms with Crippen molar-refractivity contribution in [3.05, 3.63) is 29.3 Å². The second-order valence-electron chi connectivity index (χ2n) is 6.28. The molecule has 0 spiro atoms. The van der Waals surface area contributed by atoms with Crippen LogP contribution in [0.2, 0.25) is 5.02 Å². The Hall–Kier alpha value is -1.73. The number of nitrogens with zero attached hydrogens (tertiary/aromatic N) is 4. The molecule has 0 atom stereocenters. The molecule has 1 amide bonds. The van der Waals surface area contributed by atoms with Crippen LogP contribution in [0.4, 0.5) is 5.95 Å². The Kier molecular flexibility index (Phi) is 6.80. The van der Waals surface area contributed by atoms with Gasteiger partial charge in [-0.2, -0.15) is 0 Å². The first-order valence-electron chi connectivity index (χ1n) is 9.05. The van der Waals surface area contributed by atoms with Crippen LogP contribution in [0.25, 0.3) is 5.69 Å². The molecule has 0 unspecified atom stereocenters. The Morgan fingerprint density at radius 2 is 2.12 bits per heavy atom. The van der Waals surface area contributed by atoms with Gasteiger partial charge in [0, 0.05) is 24.7 Å². The molecule has 2 aromatic rings. The molecular formula is C18H24ClN5OS. The molecule has 0 radical (unpaired) electrons. The Bertz CT molecular complexity index is 745. The van der Waals surface area contributed by atoms with Gasteiger partial charge in [0.25, 0.3) is 0 Å². The predicted octanol–water partition coefficient (Wildman–Crippen LogP) is 3.53. The van der Waals surface area contributed by atoms with Crippen LogP contribution in [0, 0.1) is 0 Å². The number of unbranched alkanes of at least 4 members (excludes halogenated alkanes) is 1. The molecular weight excluding hydrogens is 370 g/mol. The van der Waals surface area contributed by atoms with Gasteiger partial charge in [0.1, 0.15) is 0 Å². The number of halogens is 1. The fraction of sp³-hybridized carbons (Fsp3) is 0.500. The predicted molar refractivity (Wildman–Crippen MR) is 106 cm³/mol. The standard InChI is InChI=1S/C18H24ClN5OS/c1-2-3-9-20-16(25)13-26-18-22-21-17(23-10-4-5-11-23)24(18)15-8-6-7-14(19)12-15/h6-8,12H,2-5,9-11,13H2,1H3,(H,20,25). The van der Waals surface area contributed by atoms with Crippen LogP contribution < -0.4 is 10.2 Å². The van der Waals surface area contributed by atoms with Crippen LogP contribution in [0.15, 0.2) is 29.4 Å². The number of aromatic nitrogens is 3. The first kappa shape index (κ1) is 19.0. The molecule has 1 aromatic heterocycles. The van der Waals surface area contributed by atoms with Crippen molar-refractivity contribution >= 4 is 35.2 Å². The van der Waals surface area contributed by atoms with Crippen LogP contribution in [0.5, 0.6) is 0 Å². The number of amides is 1. The van der Waals surface area contributed by atoms with Crippen molar-refractivity contribution in [2.75, 3.05) is 30.3 Å². The quantitative estimate of drug-likeness (QED) is 0.549. The highest BCUT2D eigenvalue weighted by atomic mass is 35.5. The van der Waals surface area contributed by atoms with Crippen LogP contribution in [-0.2, 0) is 4.79 Å². The minimum Gasteiger partial charge on any atom is -0.355 e. The smallest absolute Gasteiger partial charge is 0.232 e. The molecule has 0 saturated carbocycles. The van der Waals surface area contributed by atoms with Crippen LogP contribution in [0.1, 0.15) is 32.6 Å². The zero-order valence-corrected chi connectivity index (χ0v) is 16.5. The normalized spacial score (nSPS) is 14.0. The molecule has 1 aromatic carbocycles. The fourth-order valence-corrected chi connectivity index (χ4v) is 3.87. The Balaban J connectivity index is 1.80. The molecule has 0 bridgehead atoms. The van der Waals surface area contributed by atoms with Gasteiger partial charge in [-0.1, -0.05) is 42.8 Å². The number of anilines is 1. The van der Waals surface area contributed by atoms with Crippen molar-refractivity contribution in [2.24, 2.45) is 0 Å². The van der Waals surface area contributed by atoms with E-state index in [2.05, 4.69) is 27.3 Å². The van der Waals surface area contributed by atoms with E-state index in [1.165, 1.54) is 11.8 Å². The molecule has 140 valence electrons. The molecule has 1 saturated heterocycles. The maximum atomic E-state index is 12.0. The van der Waals surface area contributed by atoms with Crippen LogP contribution >= 0.6 is 23.4 Å². The lowest BCUT2D eigenvalue weighted by molar-refractivity contribution is -0.118. The number of hydrogen-bond donors (Lipinski definition) is 1. The summed E-state index contributed by atoms with van der Waals surface area (Å²) in [5.74, 6) is 1.16. The second-order valence-corrected chi connectivity index (χ2v) is 7.66. The lowest BCUT2D eigenvalue weighted by Gasteiger charge is -2.18. The Morgan fingerprint density at radius 3 is 2.85 bits per heavy atom. The number of carbonyl (C=O) groups excluding carboxylic acids is 1. The third-order valence-electron chi connectivity index (χ3n) is 4.26. The van der Waals surface area contributed by atoms with Crippen molar-refractivity contribution in [1.82, 2.24) is 20.1 Å². The van der Waals surface area contributed by atoms with Gasteiger partial charge in [-0.05, 0) is 37.5 Å². The molecule has 8 heteroatoms. The number of rotatable bonds is 8. The summed E-state index contributed by atoms with van der Waals surface area (Å²) in [5, 5.41) is 13.1. The summed E-state index contributed by atoms with van der Waals surface area (Å²) in [6.45, 7) is 4.77. The number of carbonyl (C=O) groups is 1. The van der Waals surface area contributed by atoms with Crippen molar-refractivity contribution in [1.29, 1.82) is 0 Å². The Morgan fingerprint density at radius 1 is 1.31 bits per heavy atom. The van der Waals surface area contributed by atoms with E-state index >= 15 is 0 Å². The van der Waals surface area contributed by atoms with Gasteiger partial charge in [0.15, 0.2) is 5.16 Å². The van der Waals surface area contributed by atoms with E-state index in [-0.39, 0.29) is 5.91 Å². The van der Waals surface area contributed by atoms with E-state index in [0.717, 1.165) is 57.0 Å². The minimum atomic E-state index is 0.0202. The van der Waals surface area contributed by atoms with Gasteiger partial charge >= 0.3 is 0 Å². The van der Waals surface area contributed by atoms with Crippen molar-refractivity contribution in [3.8, 4) is 5.69 Å². The van der Waals surface area contributed by atoms with Crippen molar-refractivity contribution in [3.63, 3.8) is 0 Å². The molecule has 1 fully saturated rings. The average Bonchev–Trinajstić information content (AvgIpc) is 3.29. The summed E-state index contributed by atoms with van der Waals surface area (Å²) in [6, 6.07) is 7.65. The Labute approximate surface area is 163 Å². The average molecular weight is 394 g/mol. The highest BCUT2D eigenvalue weighted by Gasteiger charge is 2.23. The zero-order valence-electron chi connectivity index (χ0n) is 14.9. The van der Waals surface area contributed by atoms with Gasteiger partial charge in [-0.3, -0.25) is 9.36 Å². The van der Waals surface area contributed by atoms with E-state index in [4.69, 9.17) is 11.6 Å². The molecule has 26 heavy (non-hydrogen) atoms. The maximum Gasteiger partial charge on any atom is 0.232 e. The summed E-state index contributed by atoms with van der Waals surface area (Å²) in [4.78, 5) is 14.3. The molecule has 0 aliphatic carbocycles. The van der Waals surface area contributed by atoms with Gasteiger partial charge in [0.05, 0.1) is 11.4 Å². The summed E-state index contributed by atoms with van der Waals surface area (Å²) < 4.78 is 2.00. The van der Waals surface area contributed by atoms with E-state index in [1.54, 1.807) is 0 Å². The van der Waals surface area contributed by atoms with Crippen molar-refractivity contribution in [2.45, 2.75) is 37.8 Å². The van der Waals surface area contributed by atoms with E-state index in [0.29, 0.717) is 15.9 Å². The summed E-state index contributed by atoms with van der Waals surface area (Å²) in [7, 11) is 0. The molecule has 6 nitrogen and oxygen atoms in total. The summed E-state index contributed by atoms with van der Waals surface area (Å²) in [5.41, 5.74) is 0.915.